The van der Waals surface area contributed by atoms with Crippen LogP contribution in [0.15, 0.2) is 60.7 Å². The third kappa shape index (κ3) is 6.00. The molecule has 0 saturated carbocycles. The van der Waals surface area contributed by atoms with Crippen molar-refractivity contribution in [3.8, 4) is 5.75 Å². The van der Waals surface area contributed by atoms with Crippen LogP contribution in [-0.4, -0.2) is 72.6 Å². The SMILES string of the molecule is C=CCOc1ccc(C(O)=C2C(=O)C(=O)N(CCCN3CCOCC3)[C@@H]2c2ccc(C(C)C)cc2)c(C)c1. The molecule has 2 heterocycles. The Balaban J connectivity index is 1.69. The van der Waals surface area contributed by atoms with Crippen LogP contribution in [0.2, 0.25) is 0 Å². The molecular formula is C31H38N2O5. The molecule has 2 fully saturated rings. The quantitative estimate of drug-likeness (QED) is 0.210. The van der Waals surface area contributed by atoms with Gasteiger partial charge in [-0.1, -0.05) is 50.8 Å². The third-order valence-corrected chi connectivity index (χ3v) is 7.26. The number of aliphatic hydroxyl groups is 1. The van der Waals surface area contributed by atoms with Crippen molar-refractivity contribution in [3.63, 3.8) is 0 Å². The standard InChI is InChI=1S/C31H38N2O5/c1-5-17-38-25-11-12-26(22(4)20-25)29(34)27-28(24-9-7-23(8-10-24)21(2)3)33(31(36)30(27)35)14-6-13-32-15-18-37-19-16-32/h5,7-12,20-21,28,34H,1,6,13-19H2,2-4H3/t28-/m1/s1. The molecule has 2 aromatic rings. The molecule has 7 heteroatoms. The number of carbonyl (C=O) groups is 2. The van der Waals surface area contributed by atoms with E-state index in [1.54, 1.807) is 23.1 Å². The topological polar surface area (TPSA) is 79.3 Å². The second-order valence-corrected chi connectivity index (χ2v) is 10.2. The maximum absolute atomic E-state index is 13.4. The number of hydrogen-bond acceptors (Lipinski definition) is 6. The summed E-state index contributed by atoms with van der Waals surface area (Å²) in [5.41, 5.74) is 3.36. The highest BCUT2D eigenvalue weighted by molar-refractivity contribution is 6.46. The van der Waals surface area contributed by atoms with Crippen molar-refractivity contribution < 1.29 is 24.2 Å². The van der Waals surface area contributed by atoms with Crippen LogP contribution in [0.3, 0.4) is 0 Å². The lowest BCUT2D eigenvalue weighted by atomic mass is 9.92. The predicted octanol–water partition coefficient (Wildman–Crippen LogP) is 4.83. The molecule has 2 saturated heterocycles. The average molecular weight is 519 g/mol. The summed E-state index contributed by atoms with van der Waals surface area (Å²) in [7, 11) is 0. The number of aryl methyl sites for hydroxylation is 1. The predicted molar refractivity (Wildman–Crippen MR) is 148 cm³/mol. The van der Waals surface area contributed by atoms with Crippen molar-refractivity contribution in [2.24, 2.45) is 0 Å². The number of benzene rings is 2. The second-order valence-electron chi connectivity index (χ2n) is 10.2. The molecule has 1 atom stereocenters. The van der Waals surface area contributed by atoms with Gasteiger partial charge in [-0.2, -0.15) is 0 Å². The molecule has 1 amide bonds. The second kappa shape index (κ2) is 12.4. The van der Waals surface area contributed by atoms with Crippen molar-refractivity contribution >= 4 is 17.4 Å². The lowest BCUT2D eigenvalue weighted by Gasteiger charge is -2.29. The summed E-state index contributed by atoms with van der Waals surface area (Å²) in [5.74, 6) is -0.394. The molecule has 0 unspecified atom stereocenters. The van der Waals surface area contributed by atoms with Crippen LogP contribution in [-0.2, 0) is 14.3 Å². The highest BCUT2D eigenvalue weighted by Crippen LogP contribution is 2.40. The fourth-order valence-electron chi connectivity index (χ4n) is 5.10. The van der Waals surface area contributed by atoms with Crippen LogP contribution in [0.25, 0.3) is 5.76 Å². The van der Waals surface area contributed by atoms with Gasteiger partial charge in [-0.3, -0.25) is 14.5 Å². The van der Waals surface area contributed by atoms with E-state index in [4.69, 9.17) is 9.47 Å². The Labute approximate surface area is 225 Å². The molecule has 2 aliphatic rings. The highest BCUT2D eigenvalue weighted by Gasteiger charge is 2.46. The molecule has 0 aromatic heterocycles. The van der Waals surface area contributed by atoms with Crippen molar-refractivity contribution in [1.29, 1.82) is 0 Å². The number of ketones is 1. The minimum atomic E-state index is -0.656. The molecule has 4 rings (SSSR count). The van der Waals surface area contributed by atoms with Gasteiger partial charge in [0.25, 0.3) is 11.7 Å². The first-order chi connectivity index (χ1) is 18.3. The summed E-state index contributed by atoms with van der Waals surface area (Å²) >= 11 is 0. The minimum Gasteiger partial charge on any atom is -0.507 e. The van der Waals surface area contributed by atoms with E-state index >= 15 is 0 Å². The lowest BCUT2D eigenvalue weighted by Crippen LogP contribution is -2.38. The Hall–Kier alpha value is -3.42. The van der Waals surface area contributed by atoms with E-state index < -0.39 is 17.7 Å². The lowest BCUT2D eigenvalue weighted by molar-refractivity contribution is -0.140. The number of amides is 1. The number of Topliss-reactive ketones (excluding diaryl/α,β-unsaturated/α-hetero) is 1. The van der Waals surface area contributed by atoms with Crippen molar-refractivity contribution in [2.45, 2.75) is 39.2 Å². The Bertz CT molecular complexity index is 1200. The molecule has 0 spiro atoms. The largest absolute Gasteiger partial charge is 0.507 e. The van der Waals surface area contributed by atoms with Gasteiger partial charge in [0, 0.05) is 31.7 Å². The summed E-state index contributed by atoms with van der Waals surface area (Å²) < 4.78 is 11.0. The molecule has 0 bridgehead atoms. The van der Waals surface area contributed by atoms with Crippen LogP contribution in [0.4, 0.5) is 0 Å². The van der Waals surface area contributed by atoms with E-state index in [9.17, 15) is 14.7 Å². The number of hydrogen-bond donors (Lipinski definition) is 1. The highest BCUT2D eigenvalue weighted by atomic mass is 16.5. The fourth-order valence-corrected chi connectivity index (χ4v) is 5.10. The van der Waals surface area contributed by atoms with Crippen LogP contribution in [0.1, 0.15) is 54.5 Å². The summed E-state index contributed by atoms with van der Waals surface area (Å²) in [6.07, 6.45) is 2.39. The molecule has 0 aliphatic carbocycles. The van der Waals surface area contributed by atoms with Gasteiger partial charge in [0.05, 0.1) is 24.8 Å². The zero-order valence-corrected chi connectivity index (χ0v) is 22.6. The van der Waals surface area contributed by atoms with E-state index in [1.807, 2.05) is 37.3 Å². The molecule has 202 valence electrons. The first-order valence-corrected chi connectivity index (χ1v) is 13.3. The molecule has 0 radical (unpaired) electrons. The number of morpholine rings is 1. The van der Waals surface area contributed by atoms with Gasteiger partial charge in [0.2, 0.25) is 0 Å². The molecule has 7 nitrogen and oxygen atoms in total. The monoisotopic (exact) mass is 518 g/mol. The van der Waals surface area contributed by atoms with Gasteiger partial charge >= 0.3 is 0 Å². The van der Waals surface area contributed by atoms with Crippen molar-refractivity contribution in [2.75, 3.05) is 46.0 Å². The maximum Gasteiger partial charge on any atom is 0.295 e. The number of ether oxygens (including phenoxy) is 2. The minimum absolute atomic E-state index is 0.126. The summed E-state index contributed by atoms with van der Waals surface area (Å²) in [6.45, 7) is 14.5. The van der Waals surface area contributed by atoms with E-state index in [-0.39, 0.29) is 11.3 Å². The van der Waals surface area contributed by atoms with Crippen molar-refractivity contribution in [1.82, 2.24) is 9.80 Å². The van der Waals surface area contributed by atoms with Crippen LogP contribution >= 0.6 is 0 Å². The first-order valence-electron chi connectivity index (χ1n) is 13.3. The Morgan fingerprint density at radius 1 is 1.13 bits per heavy atom. The fraction of sp³-hybridized carbons (Fsp3) is 0.419. The molecule has 38 heavy (non-hydrogen) atoms. The van der Waals surface area contributed by atoms with Crippen molar-refractivity contribution in [3.05, 3.63) is 82.9 Å². The number of nitrogens with zero attached hydrogens (tertiary/aromatic N) is 2. The molecule has 2 aliphatic heterocycles. The number of carbonyl (C=O) groups excluding carboxylic acids is 2. The number of aliphatic hydroxyl groups excluding tert-OH is 1. The Morgan fingerprint density at radius 3 is 2.47 bits per heavy atom. The third-order valence-electron chi connectivity index (χ3n) is 7.26. The summed E-state index contributed by atoms with van der Waals surface area (Å²) in [4.78, 5) is 30.7. The van der Waals surface area contributed by atoms with Gasteiger partial charge in [0.15, 0.2) is 0 Å². The van der Waals surface area contributed by atoms with Gasteiger partial charge < -0.3 is 19.5 Å². The average Bonchev–Trinajstić information content (AvgIpc) is 3.17. The van der Waals surface area contributed by atoms with Gasteiger partial charge in [-0.15, -0.1) is 0 Å². The van der Waals surface area contributed by atoms with Gasteiger partial charge in [-0.25, -0.2) is 0 Å². The summed E-state index contributed by atoms with van der Waals surface area (Å²) in [6, 6.07) is 12.6. The van der Waals surface area contributed by atoms with Crippen LogP contribution < -0.4 is 4.74 Å². The van der Waals surface area contributed by atoms with E-state index in [2.05, 4.69) is 25.3 Å². The summed E-state index contributed by atoms with van der Waals surface area (Å²) in [5, 5.41) is 11.5. The Morgan fingerprint density at radius 2 is 1.84 bits per heavy atom. The molecule has 1 N–H and O–H groups in total. The van der Waals surface area contributed by atoms with Crippen LogP contribution in [0.5, 0.6) is 5.75 Å². The van der Waals surface area contributed by atoms with Gasteiger partial charge in [0.1, 0.15) is 18.1 Å². The van der Waals surface area contributed by atoms with E-state index in [0.717, 1.165) is 37.2 Å². The van der Waals surface area contributed by atoms with E-state index in [1.165, 1.54) is 5.56 Å². The number of rotatable bonds is 10. The van der Waals surface area contributed by atoms with E-state index in [0.29, 0.717) is 43.6 Å². The van der Waals surface area contributed by atoms with Gasteiger partial charge in [-0.05, 0) is 54.2 Å². The zero-order chi connectivity index (χ0) is 27.2. The molecular weight excluding hydrogens is 480 g/mol. The first kappa shape index (κ1) is 27.6. The van der Waals surface area contributed by atoms with Crippen LogP contribution in [0, 0.1) is 6.92 Å². The smallest absolute Gasteiger partial charge is 0.295 e. The normalized spacial score (nSPS) is 19.8. The zero-order valence-electron chi connectivity index (χ0n) is 22.6. The number of likely N-dealkylation sites (tertiary alicyclic amines) is 1. The molecule has 2 aromatic carbocycles. The Kier molecular flexibility index (Phi) is 9.02. The maximum atomic E-state index is 13.4.